The Morgan fingerprint density at radius 1 is 1.16 bits per heavy atom. The Morgan fingerprint density at radius 2 is 1.92 bits per heavy atom. The highest BCUT2D eigenvalue weighted by Gasteiger charge is 2.34. The summed E-state index contributed by atoms with van der Waals surface area (Å²) in [7, 11) is 0. The minimum absolute atomic E-state index is 0.150. The van der Waals surface area contributed by atoms with E-state index in [2.05, 4.69) is 5.32 Å². The van der Waals surface area contributed by atoms with Crippen LogP contribution in [0.15, 0.2) is 40.3 Å². The van der Waals surface area contributed by atoms with E-state index in [9.17, 15) is 14.4 Å². The van der Waals surface area contributed by atoms with Crippen LogP contribution in [0.3, 0.4) is 0 Å². The number of benzene rings is 1. The minimum atomic E-state index is -0.765. The van der Waals surface area contributed by atoms with Crippen molar-refractivity contribution < 1.29 is 18.8 Å². The fraction of sp³-hybridized carbons (Fsp3) is 0.118. The molecule has 3 rings (SSSR count). The van der Waals surface area contributed by atoms with E-state index in [4.69, 9.17) is 27.6 Å². The normalized spacial score (nSPS) is 16.5. The minimum Gasteiger partial charge on any atom is -0.457 e. The first-order chi connectivity index (χ1) is 11.9. The molecule has 128 valence electrons. The standard InChI is InChI=1S/C17H12Cl2N2O4/c1-2-21-16(23)12(15(22)20-17(21)24)8-10-4-6-14(25-10)11-7-9(18)3-5-13(11)19/h3-8H,2H2,1H3,(H,20,22,24)/b12-8+. The second-order valence-corrected chi connectivity index (χ2v) is 6.04. The van der Waals surface area contributed by atoms with E-state index < -0.39 is 17.8 Å². The molecule has 25 heavy (non-hydrogen) atoms. The lowest BCUT2D eigenvalue weighted by Crippen LogP contribution is -2.53. The van der Waals surface area contributed by atoms with Crippen LogP contribution in [0, 0.1) is 0 Å². The lowest BCUT2D eigenvalue weighted by atomic mass is 10.1. The molecule has 1 saturated heterocycles. The van der Waals surface area contributed by atoms with E-state index in [-0.39, 0.29) is 17.9 Å². The zero-order valence-corrected chi connectivity index (χ0v) is 14.5. The molecule has 0 atom stereocenters. The number of barbiturate groups is 1. The zero-order chi connectivity index (χ0) is 18.1. The van der Waals surface area contributed by atoms with Crippen LogP contribution in [-0.2, 0) is 9.59 Å². The highest BCUT2D eigenvalue weighted by atomic mass is 35.5. The number of likely N-dealkylation sites (N-methyl/N-ethyl adjacent to an activating group) is 1. The average Bonchev–Trinajstić information content (AvgIpc) is 3.02. The van der Waals surface area contributed by atoms with Crippen LogP contribution >= 0.6 is 23.2 Å². The predicted octanol–water partition coefficient (Wildman–Crippen LogP) is 3.74. The van der Waals surface area contributed by atoms with E-state index in [0.29, 0.717) is 21.4 Å². The van der Waals surface area contributed by atoms with Crippen LogP contribution in [-0.4, -0.2) is 29.3 Å². The van der Waals surface area contributed by atoms with Crippen molar-refractivity contribution in [1.82, 2.24) is 10.2 Å². The first kappa shape index (κ1) is 17.3. The maximum Gasteiger partial charge on any atom is 0.331 e. The molecule has 8 heteroatoms. The predicted molar refractivity (Wildman–Crippen MR) is 93.1 cm³/mol. The molecule has 0 radical (unpaired) electrons. The largest absolute Gasteiger partial charge is 0.457 e. The summed E-state index contributed by atoms with van der Waals surface area (Å²) < 4.78 is 5.65. The van der Waals surface area contributed by atoms with Gasteiger partial charge in [-0.3, -0.25) is 19.8 Å². The number of urea groups is 1. The SMILES string of the molecule is CCN1C(=O)NC(=O)/C(=C\c2ccc(-c3cc(Cl)ccc3Cl)o2)C1=O. The Balaban J connectivity index is 1.96. The van der Waals surface area contributed by atoms with Crippen LogP contribution < -0.4 is 5.32 Å². The Kier molecular flexibility index (Phi) is 4.65. The molecule has 1 aromatic carbocycles. The van der Waals surface area contributed by atoms with Gasteiger partial charge in [0.05, 0.1) is 5.02 Å². The maximum absolute atomic E-state index is 12.3. The molecule has 0 aliphatic carbocycles. The summed E-state index contributed by atoms with van der Waals surface area (Å²) in [6.07, 6.45) is 1.29. The van der Waals surface area contributed by atoms with Crippen molar-refractivity contribution in [2.45, 2.75) is 6.92 Å². The number of nitrogens with one attached hydrogen (secondary N) is 1. The average molecular weight is 379 g/mol. The molecule has 0 spiro atoms. The zero-order valence-electron chi connectivity index (χ0n) is 13.0. The molecular formula is C17H12Cl2N2O4. The first-order valence-corrected chi connectivity index (χ1v) is 8.10. The van der Waals surface area contributed by atoms with E-state index in [1.807, 2.05) is 0 Å². The topological polar surface area (TPSA) is 79.6 Å². The van der Waals surface area contributed by atoms with Crippen molar-refractivity contribution >= 4 is 47.1 Å². The van der Waals surface area contributed by atoms with Crippen molar-refractivity contribution in [2.24, 2.45) is 0 Å². The molecule has 1 aliphatic heterocycles. The number of carbonyl (C=O) groups is 3. The number of imide groups is 2. The summed E-state index contributed by atoms with van der Waals surface area (Å²) in [6.45, 7) is 1.79. The lowest BCUT2D eigenvalue weighted by Gasteiger charge is -2.24. The molecule has 1 fully saturated rings. The first-order valence-electron chi connectivity index (χ1n) is 7.35. The fourth-order valence-electron chi connectivity index (χ4n) is 2.38. The van der Waals surface area contributed by atoms with Crippen molar-refractivity contribution in [1.29, 1.82) is 0 Å². The van der Waals surface area contributed by atoms with Gasteiger partial charge in [0, 0.05) is 17.1 Å². The van der Waals surface area contributed by atoms with Gasteiger partial charge in [-0.25, -0.2) is 4.79 Å². The lowest BCUT2D eigenvalue weighted by molar-refractivity contribution is -0.129. The number of amides is 4. The van der Waals surface area contributed by atoms with Gasteiger partial charge < -0.3 is 4.42 Å². The fourth-order valence-corrected chi connectivity index (χ4v) is 2.77. The van der Waals surface area contributed by atoms with Gasteiger partial charge in [-0.1, -0.05) is 23.2 Å². The quantitative estimate of drug-likeness (QED) is 0.651. The molecular weight excluding hydrogens is 367 g/mol. The summed E-state index contributed by atoms with van der Waals surface area (Å²) in [6, 6.07) is 7.45. The van der Waals surface area contributed by atoms with Crippen LogP contribution in [0.5, 0.6) is 0 Å². The highest BCUT2D eigenvalue weighted by molar-refractivity contribution is 6.35. The van der Waals surface area contributed by atoms with Gasteiger partial charge >= 0.3 is 6.03 Å². The number of furan rings is 1. The molecule has 2 heterocycles. The monoisotopic (exact) mass is 378 g/mol. The molecule has 6 nitrogen and oxygen atoms in total. The van der Waals surface area contributed by atoms with Crippen molar-refractivity contribution in [2.75, 3.05) is 6.54 Å². The van der Waals surface area contributed by atoms with Crippen LogP contribution in [0.2, 0.25) is 10.0 Å². The molecule has 0 bridgehead atoms. The number of halogens is 2. The van der Waals surface area contributed by atoms with Gasteiger partial charge in [-0.2, -0.15) is 0 Å². The van der Waals surface area contributed by atoms with E-state index in [1.54, 1.807) is 37.3 Å². The van der Waals surface area contributed by atoms with Crippen molar-refractivity contribution in [3.8, 4) is 11.3 Å². The third-order valence-corrected chi connectivity index (χ3v) is 4.17. The van der Waals surface area contributed by atoms with Gasteiger partial charge in [-0.05, 0) is 43.3 Å². The number of hydrogen-bond donors (Lipinski definition) is 1. The number of rotatable bonds is 3. The molecule has 1 aromatic heterocycles. The van der Waals surface area contributed by atoms with Gasteiger partial charge in [0.25, 0.3) is 11.8 Å². The van der Waals surface area contributed by atoms with Crippen LogP contribution in [0.25, 0.3) is 17.4 Å². The Labute approximate surface area is 153 Å². The smallest absolute Gasteiger partial charge is 0.331 e. The molecule has 0 unspecified atom stereocenters. The van der Waals surface area contributed by atoms with Crippen LogP contribution in [0.4, 0.5) is 4.79 Å². The Hall–Kier alpha value is -2.57. The summed E-state index contributed by atoms with van der Waals surface area (Å²) >= 11 is 12.1. The second kappa shape index (κ2) is 6.74. The maximum atomic E-state index is 12.3. The van der Waals surface area contributed by atoms with Crippen molar-refractivity contribution in [3.63, 3.8) is 0 Å². The van der Waals surface area contributed by atoms with E-state index in [1.165, 1.54) is 6.08 Å². The van der Waals surface area contributed by atoms with Crippen LogP contribution in [0.1, 0.15) is 12.7 Å². The third-order valence-electron chi connectivity index (χ3n) is 3.61. The summed E-state index contributed by atoms with van der Waals surface area (Å²) in [5, 5.41) is 3.06. The van der Waals surface area contributed by atoms with Gasteiger partial charge in [0.2, 0.25) is 0 Å². The van der Waals surface area contributed by atoms with Gasteiger partial charge in [-0.15, -0.1) is 0 Å². The Morgan fingerprint density at radius 3 is 2.64 bits per heavy atom. The number of nitrogens with zero attached hydrogens (tertiary/aromatic N) is 1. The summed E-state index contributed by atoms with van der Waals surface area (Å²) in [5.74, 6) is -0.727. The molecule has 0 saturated carbocycles. The van der Waals surface area contributed by atoms with E-state index >= 15 is 0 Å². The number of carbonyl (C=O) groups excluding carboxylic acids is 3. The summed E-state index contributed by atoms with van der Waals surface area (Å²) in [4.78, 5) is 36.7. The van der Waals surface area contributed by atoms with Crippen molar-refractivity contribution in [3.05, 3.63) is 51.7 Å². The van der Waals surface area contributed by atoms with Gasteiger partial charge in [0.15, 0.2) is 0 Å². The second-order valence-electron chi connectivity index (χ2n) is 5.19. The van der Waals surface area contributed by atoms with E-state index in [0.717, 1.165) is 4.90 Å². The number of hydrogen-bond acceptors (Lipinski definition) is 4. The third kappa shape index (κ3) is 3.31. The highest BCUT2D eigenvalue weighted by Crippen LogP contribution is 2.32. The molecule has 2 aromatic rings. The molecule has 4 amide bonds. The molecule has 1 N–H and O–H groups in total. The summed E-state index contributed by atoms with van der Waals surface area (Å²) in [5.41, 5.74) is 0.406. The Bertz CT molecular complexity index is 917. The van der Waals surface area contributed by atoms with Gasteiger partial charge in [0.1, 0.15) is 17.1 Å². The molecule has 1 aliphatic rings.